The molecule has 0 aliphatic heterocycles. The molecule has 0 aliphatic carbocycles. The van der Waals surface area contributed by atoms with Crippen molar-refractivity contribution >= 4 is 23.5 Å². The average Bonchev–Trinajstić information content (AvgIpc) is 2.44. The molecule has 0 heterocycles. The number of ether oxygens (including phenoxy) is 1. The molecule has 0 saturated carbocycles. The summed E-state index contributed by atoms with van der Waals surface area (Å²) in [5.74, 6) is -2.21. The molecule has 1 aromatic rings. The first-order valence-corrected chi connectivity index (χ1v) is 6.43. The van der Waals surface area contributed by atoms with Crippen LogP contribution in [-0.2, 0) is 14.3 Å². The molecule has 2 N–H and O–H groups in total. The standard InChI is InChI=1S/C15H17NO5/c1-3-7-21-15(20)11-5-4-6-12(9-11)16-13(17)8-10(2)14(18)19/h4-6,8-9H,3,7H2,1-2H3,(H,16,17)(H,18,19)/b10-8+. The summed E-state index contributed by atoms with van der Waals surface area (Å²) >= 11 is 0. The molecule has 1 aromatic carbocycles. The van der Waals surface area contributed by atoms with Crippen LogP contribution in [0.5, 0.6) is 0 Å². The lowest BCUT2D eigenvalue weighted by Crippen LogP contribution is -2.12. The predicted octanol–water partition coefficient (Wildman–Crippen LogP) is 2.22. The van der Waals surface area contributed by atoms with Gasteiger partial charge in [-0.1, -0.05) is 13.0 Å². The van der Waals surface area contributed by atoms with Crippen LogP contribution in [0.4, 0.5) is 5.69 Å². The van der Waals surface area contributed by atoms with Crippen molar-refractivity contribution < 1.29 is 24.2 Å². The van der Waals surface area contributed by atoms with Crippen molar-refractivity contribution in [1.82, 2.24) is 0 Å². The van der Waals surface area contributed by atoms with Gasteiger partial charge in [0.05, 0.1) is 12.2 Å². The molecule has 112 valence electrons. The van der Waals surface area contributed by atoms with E-state index in [0.29, 0.717) is 17.9 Å². The normalized spacial score (nSPS) is 10.9. The van der Waals surface area contributed by atoms with E-state index in [2.05, 4.69) is 5.32 Å². The maximum atomic E-state index is 11.7. The zero-order valence-corrected chi connectivity index (χ0v) is 11.9. The number of rotatable bonds is 6. The number of hydrogen-bond acceptors (Lipinski definition) is 4. The number of carbonyl (C=O) groups is 3. The molecule has 0 radical (unpaired) electrons. The molecule has 6 heteroatoms. The number of amides is 1. The van der Waals surface area contributed by atoms with Crippen molar-refractivity contribution in [1.29, 1.82) is 0 Å². The second-order valence-corrected chi connectivity index (χ2v) is 4.34. The van der Waals surface area contributed by atoms with E-state index in [9.17, 15) is 14.4 Å². The number of hydrogen-bond donors (Lipinski definition) is 2. The highest BCUT2D eigenvalue weighted by Gasteiger charge is 2.09. The fraction of sp³-hybridized carbons (Fsp3) is 0.267. The van der Waals surface area contributed by atoms with Gasteiger partial charge in [-0.05, 0) is 31.5 Å². The topological polar surface area (TPSA) is 92.7 Å². The third kappa shape index (κ3) is 5.48. The maximum Gasteiger partial charge on any atom is 0.338 e. The van der Waals surface area contributed by atoms with Gasteiger partial charge < -0.3 is 15.2 Å². The lowest BCUT2D eigenvalue weighted by atomic mass is 10.2. The van der Waals surface area contributed by atoms with Gasteiger partial charge in [-0.25, -0.2) is 9.59 Å². The highest BCUT2D eigenvalue weighted by molar-refractivity contribution is 6.04. The minimum absolute atomic E-state index is 0.0778. The Morgan fingerprint density at radius 1 is 1.33 bits per heavy atom. The lowest BCUT2D eigenvalue weighted by molar-refractivity contribution is -0.132. The number of esters is 1. The summed E-state index contributed by atoms with van der Waals surface area (Å²) in [6.45, 7) is 3.54. The van der Waals surface area contributed by atoms with Gasteiger partial charge >= 0.3 is 11.9 Å². The molecular weight excluding hydrogens is 274 g/mol. The van der Waals surface area contributed by atoms with Gasteiger partial charge in [-0.15, -0.1) is 0 Å². The molecule has 0 aromatic heterocycles. The smallest absolute Gasteiger partial charge is 0.338 e. The Bertz CT molecular complexity index is 577. The third-order valence-electron chi connectivity index (χ3n) is 2.49. The van der Waals surface area contributed by atoms with Crippen LogP contribution in [-0.4, -0.2) is 29.6 Å². The van der Waals surface area contributed by atoms with Crippen LogP contribution in [0.1, 0.15) is 30.6 Å². The zero-order chi connectivity index (χ0) is 15.8. The monoisotopic (exact) mass is 291 g/mol. The number of anilines is 1. The lowest BCUT2D eigenvalue weighted by Gasteiger charge is -2.06. The summed E-state index contributed by atoms with van der Waals surface area (Å²) in [6.07, 6.45) is 1.70. The molecule has 1 amide bonds. The SMILES string of the molecule is CCCOC(=O)c1cccc(NC(=O)/C=C(\C)C(=O)O)c1. The third-order valence-corrected chi connectivity index (χ3v) is 2.49. The van der Waals surface area contributed by atoms with E-state index in [1.165, 1.54) is 13.0 Å². The van der Waals surface area contributed by atoms with E-state index in [0.717, 1.165) is 12.5 Å². The summed E-state index contributed by atoms with van der Waals surface area (Å²) < 4.78 is 4.99. The van der Waals surface area contributed by atoms with Crippen molar-refractivity contribution in [3.8, 4) is 0 Å². The van der Waals surface area contributed by atoms with Crippen molar-refractivity contribution in [3.05, 3.63) is 41.5 Å². The number of carbonyl (C=O) groups excluding carboxylic acids is 2. The first kappa shape index (κ1) is 16.4. The van der Waals surface area contributed by atoms with Crippen molar-refractivity contribution in [2.75, 3.05) is 11.9 Å². The molecule has 1 rings (SSSR count). The molecular formula is C15H17NO5. The average molecular weight is 291 g/mol. The minimum Gasteiger partial charge on any atom is -0.478 e. The van der Waals surface area contributed by atoms with E-state index >= 15 is 0 Å². The van der Waals surface area contributed by atoms with Crippen molar-refractivity contribution in [2.45, 2.75) is 20.3 Å². The summed E-state index contributed by atoms with van der Waals surface area (Å²) in [4.78, 5) is 33.9. The minimum atomic E-state index is -1.16. The van der Waals surface area contributed by atoms with Gasteiger partial charge in [0.15, 0.2) is 0 Å². The van der Waals surface area contributed by atoms with Crippen LogP contribution in [0, 0.1) is 0 Å². The largest absolute Gasteiger partial charge is 0.478 e. The Morgan fingerprint density at radius 2 is 2.05 bits per heavy atom. The van der Waals surface area contributed by atoms with Crippen molar-refractivity contribution in [2.24, 2.45) is 0 Å². The Hall–Kier alpha value is -2.63. The quantitative estimate of drug-likeness (QED) is 0.619. The molecule has 0 atom stereocenters. The molecule has 0 unspecified atom stereocenters. The van der Waals surface area contributed by atoms with Crippen LogP contribution in [0.15, 0.2) is 35.9 Å². The van der Waals surface area contributed by atoms with Crippen LogP contribution in [0.2, 0.25) is 0 Å². The van der Waals surface area contributed by atoms with Gasteiger partial charge in [0.25, 0.3) is 0 Å². The van der Waals surface area contributed by atoms with E-state index in [1.54, 1.807) is 18.2 Å². The molecule has 0 saturated heterocycles. The van der Waals surface area contributed by atoms with E-state index in [4.69, 9.17) is 9.84 Å². The predicted molar refractivity (Wildman–Crippen MR) is 77.0 cm³/mol. The first-order chi connectivity index (χ1) is 9.93. The first-order valence-electron chi connectivity index (χ1n) is 6.43. The number of benzene rings is 1. The summed E-state index contributed by atoms with van der Waals surface area (Å²) in [5, 5.41) is 11.2. The number of carboxylic acids is 1. The highest BCUT2D eigenvalue weighted by atomic mass is 16.5. The summed E-state index contributed by atoms with van der Waals surface area (Å²) in [5.41, 5.74) is 0.631. The Kier molecular flexibility index (Phi) is 6.13. The van der Waals surface area contributed by atoms with Crippen LogP contribution in [0.25, 0.3) is 0 Å². The Morgan fingerprint density at radius 3 is 2.67 bits per heavy atom. The number of aliphatic carboxylic acids is 1. The fourth-order valence-corrected chi connectivity index (χ4v) is 1.44. The van der Waals surface area contributed by atoms with Gasteiger partial charge in [0.2, 0.25) is 5.91 Å². The second kappa shape index (κ2) is 7.84. The van der Waals surface area contributed by atoms with Crippen LogP contribution < -0.4 is 5.32 Å². The van der Waals surface area contributed by atoms with E-state index in [1.807, 2.05) is 6.92 Å². The van der Waals surface area contributed by atoms with Gasteiger partial charge in [-0.3, -0.25) is 4.79 Å². The molecule has 6 nitrogen and oxygen atoms in total. The van der Waals surface area contributed by atoms with E-state index < -0.39 is 17.8 Å². The van der Waals surface area contributed by atoms with Gasteiger partial charge in [0, 0.05) is 17.3 Å². The molecule has 0 aliphatic rings. The molecule has 0 bridgehead atoms. The molecule has 0 fully saturated rings. The van der Waals surface area contributed by atoms with Gasteiger partial charge in [0.1, 0.15) is 0 Å². The number of carboxylic acid groups (broad SMARTS) is 1. The fourth-order valence-electron chi connectivity index (χ4n) is 1.44. The maximum absolute atomic E-state index is 11.7. The second-order valence-electron chi connectivity index (χ2n) is 4.34. The van der Waals surface area contributed by atoms with E-state index in [-0.39, 0.29) is 5.57 Å². The van der Waals surface area contributed by atoms with Crippen LogP contribution >= 0.6 is 0 Å². The number of nitrogens with one attached hydrogen (secondary N) is 1. The summed E-state index contributed by atoms with van der Waals surface area (Å²) in [6, 6.07) is 6.25. The zero-order valence-electron chi connectivity index (χ0n) is 11.9. The highest BCUT2D eigenvalue weighted by Crippen LogP contribution is 2.12. The van der Waals surface area contributed by atoms with Gasteiger partial charge in [-0.2, -0.15) is 0 Å². The summed E-state index contributed by atoms with van der Waals surface area (Å²) in [7, 11) is 0. The van der Waals surface area contributed by atoms with Crippen LogP contribution in [0.3, 0.4) is 0 Å². The molecule has 0 spiro atoms. The molecule has 21 heavy (non-hydrogen) atoms. The Balaban J connectivity index is 2.77. The van der Waals surface area contributed by atoms with Crippen molar-refractivity contribution in [3.63, 3.8) is 0 Å². The Labute approximate surface area is 122 Å².